The largest absolute Gasteiger partial charge is 0.488 e. The van der Waals surface area contributed by atoms with E-state index in [9.17, 15) is 19.2 Å². The van der Waals surface area contributed by atoms with E-state index in [1.54, 1.807) is 54.7 Å². The first-order chi connectivity index (χ1) is 31.6. The SMILES string of the molecule is C=CC(=O)OC(C)(C)CC(C)(C)Oc1ccc(C(=O)OCCc2ccc(CCOC(=O)c3ccc(OC(C)(C)CC(C)(C)OC(=O)C=C)cc3)c(C=NC#Cc3nc4ccccc4s3)c2)cc1. The first-order valence-corrected chi connectivity index (χ1v) is 22.6. The fraction of sp³-hybridized carbons (Fsp3) is 0.333. The predicted molar refractivity (Wildman–Crippen MR) is 261 cm³/mol. The average molecular weight is 927 g/mol. The maximum absolute atomic E-state index is 13.1. The summed E-state index contributed by atoms with van der Waals surface area (Å²) < 4.78 is 35.7. The van der Waals surface area contributed by atoms with E-state index in [0.717, 1.165) is 39.1 Å². The first kappa shape index (κ1) is 51.0. The monoisotopic (exact) mass is 926 g/mol. The lowest BCUT2D eigenvalue weighted by Crippen LogP contribution is -2.40. The Hall–Kier alpha value is -7.04. The van der Waals surface area contributed by atoms with Crippen LogP contribution in [-0.2, 0) is 41.4 Å². The molecule has 0 aliphatic rings. The van der Waals surface area contributed by atoms with Gasteiger partial charge in [-0.15, -0.1) is 11.3 Å². The molecule has 1 aromatic heterocycles. The molecule has 12 nitrogen and oxygen atoms in total. The highest BCUT2D eigenvalue weighted by Crippen LogP contribution is 2.31. The standard InChI is InChI=1S/C54H58N2O10S/c1-11-47(57)65-53(7,8)35-51(3,4)63-42-23-19-39(20-24-42)49(59)61-31-28-37-17-18-38(41(33-37)34-55-30-27-46-56-44-15-13-14-16-45(44)67-46)29-32-62-50(60)40-21-25-43(26-22-40)64-52(5,6)36-54(9,10)66-48(58)12-2/h11-26,33-34H,1-2,28-29,31-32,35-36H2,3-10H3. The van der Waals surface area contributed by atoms with Crippen LogP contribution in [0, 0.1) is 12.0 Å². The number of hydrogen-bond donors (Lipinski definition) is 0. The Morgan fingerprint density at radius 2 is 1.16 bits per heavy atom. The Morgan fingerprint density at radius 1 is 0.657 bits per heavy atom. The van der Waals surface area contributed by atoms with Crippen LogP contribution in [0.5, 0.6) is 11.5 Å². The fourth-order valence-corrected chi connectivity index (χ4v) is 8.53. The molecular formula is C54H58N2O10S. The van der Waals surface area contributed by atoms with Crippen LogP contribution < -0.4 is 9.47 Å². The number of nitrogens with zero attached hydrogens (tertiary/aromatic N) is 2. The maximum atomic E-state index is 13.1. The van der Waals surface area contributed by atoms with Gasteiger partial charge >= 0.3 is 23.9 Å². The molecule has 0 amide bonds. The number of esters is 4. The van der Waals surface area contributed by atoms with Gasteiger partial charge in [-0.3, -0.25) is 0 Å². The molecular weight excluding hydrogens is 869 g/mol. The van der Waals surface area contributed by atoms with Crippen molar-refractivity contribution >= 4 is 51.6 Å². The number of carbonyl (C=O) groups is 4. The van der Waals surface area contributed by atoms with Crippen LogP contribution in [0.3, 0.4) is 0 Å². The highest BCUT2D eigenvalue weighted by atomic mass is 32.1. The normalized spacial score (nSPS) is 11.8. The summed E-state index contributed by atoms with van der Waals surface area (Å²) in [7, 11) is 0. The summed E-state index contributed by atoms with van der Waals surface area (Å²) in [5.74, 6) is 2.14. The minimum atomic E-state index is -0.790. The van der Waals surface area contributed by atoms with Gasteiger partial charge in [-0.2, -0.15) is 0 Å². The molecule has 0 spiro atoms. The Balaban J connectivity index is 1.19. The van der Waals surface area contributed by atoms with Crippen LogP contribution in [0.1, 0.15) is 111 Å². The van der Waals surface area contributed by atoms with Gasteiger partial charge in [0.05, 0.1) is 34.6 Å². The third-order valence-corrected chi connectivity index (χ3v) is 10.9. The van der Waals surface area contributed by atoms with Gasteiger partial charge < -0.3 is 28.4 Å². The zero-order chi connectivity index (χ0) is 48.8. The quantitative estimate of drug-likeness (QED) is 0.0228. The van der Waals surface area contributed by atoms with Gasteiger partial charge in [-0.25, -0.2) is 29.2 Å². The highest BCUT2D eigenvalue weighted by Gasteiger charge is 2.34. The van der Waals surface area contributed by atoms with Gasteiger partial charge in [-0.1, -0.05) is 37.4 Å². The Bertz CT molecular complexity index is 2630. The molecule has 0 aliphatic carbocycles. The number of rotatable bonds is 21. The minimum Gasteiger partial charge on any atom is -0.488 e. The van der Waals surface area contributed by atoms with Crippen molar-refractivity contribution in [1.29, 1.82) is 0 Å². The molecule has 0 saturated heterocycles. The van der Waals surface area contributed by atoms with Crippen LogP contribution in [0.2, 0.25) is 0 Å². The molecule has 67 heavy (non-hydrogen) atoms. The maximum Gasteiger partial charge on any atom is 0.338 e. The number of ether oxygens (including phenoxy) is 6. The summed E-state index contributed by atoms with van der Waals surface area (Å²) in [4.78, 5) is 58.6. The number of hydrogen-bond acceptors (Lipinski definition) is 13. The summed E-state index contributed by atoms with van der Waals surface area (Å²) >= 11 is 1.49. The number of thiazole rings is 1. The lowest BCUT2D eigenvalue weighted by molar-refractivity contribution is -0.155. The van der Waals surface area contributed by atoms with E-state index in [1.165, 1.54) is 11.3 Å². The summed E-state index contributed by atoms with van der Waals surface area (Å²) in [6.07, 6.45) is 5.57. The molecule has 0 atom stereocenters. The second-order valence-corrected chi connectivity index (χ2v) is 19.2. The Kier molecular flexibility index (Phi) is 17.1. The van der Waals surface area contributed by atoms with Gasteiger partial charge in [-0.05, 0) is 145 Å². The number of aliphatic imine (C=N–C) groups is 1. The molecule has 0 fully saturated rings. The zero-order valence-corrected chi connectivity index (χ0v) is 40.3. The molecule has 1 heterocycles. The van der Waals surface area contributed by atoms with Crippen LogP contribution in [0.15, 0.2) is 121 Å². The van der Waals surface area contributed by atoms with Gasteiger partial charge in [0, 0.05) is 50.1 Å². The van der Waals surface area contributed by atoms with Crippen molar-refractivity contribution in [3.63, 3.8) is 0 Å². The molecule has 4 aromatic carbocycles. The molecule has 0 saturated carbocycles. The van der Waals surface area contributed by atoms with Crippen molar-refractivity contribution in [3.05, 3.63) is 149 Å². The van der Waals surface area contributed by atoms with Crippen molar-refractivity contribution in [1.82, 2.24) is 4.98 Å². The third kappa shape index (κ3) is 16.4. The molecule has 5 aromatic rings. The third-order valence-electron chi connectivity index (χ3n) is 9.92. The summed E-state index contributed by atoms with van der Waals surface area (Å²) in [5, 5.41) is 0.652. The van der Waals surface area contributed by atoms with Crippen molar-refractivity contribution in [3.8, 4) is 23.5 Å². The van der Waals surface area contributed by atoms with E-state index in [2.05, 4.69) is 35.1 Å². The van der Waals surface area contributed by atoms with Crippen LogP contribution >= 0.6 is 11.3 Å². The van der Waals surface area contributed by atoms with E-state index in [0.29, 0.717) is 53.3 Å². The number of para-hydroxylation sites is 1. The minimum absolute atomic E-state index is 0.0995. The van der Waals surface area contributed by atoms with E-state index in [-0.39, 0.29) is 13.2 Å². The van der Waals surface area contributed by atoms with Gasteiger partial charge in [0.2, 0.25) is 0 Å². The lowest BCUT2D eigenvalue weighted by atomic mass is 9.92. The molecule has 0 unspecified atom stereocenters. The Morgan fingerprint density at radius 3 is 1.67 bits per heavy atom. The molecule has 0 aliphatic heterocycles. The number of aromatic nitrogens is 1. The zero-order valence-electron chi connectivity index (χ0n) is 39.4. The summed E-state index contributed by atoms with van der Waals surface area (Å²) in [6.45, 7) is 22.0. The second kappa shape index (κ2) is 22.4. The van der Waals surface area contributed by atoms with Gasteiger partial charge in [0.1, 0.15) is 33.9 Å². The van der Waals surface area contributed by atoms with E-state index < -0.39 is 46.3 Å². The molecule has 13 heteroatoms. The summed E-state index contributed by atoms with van der Waals surface area (Å²) in [6, 6.07) is 29.9. The molecule has 5 rings (SSSR count). The van der Waals surface area contributed by atoms with Crippen LogP contribution in [0.4, 0.5) is 0 Å². The van der Waals surface area contributed by atoms with Crippen molar-refractivity contribution < 1.29 is 47.6 Å². The van der Waals surface area contributed by atoms with Crippen LogP contribution in [-0.4, -0.2) is 70.7 Å². The van der Waals surface area contributed by atoms with E-state index >= 15 is 0 Å². The Labute approximate surface area is 397 Å². The molecule has 0 bridgehead atoms. The van der Waals surface area contributed by atoms with E-state index in [4.69, 9.17) is 28.4 Å². The van der Waals surface area contributed by atoms with Crippen molar-refractivity contribution in [2.24, 2.45) is 4.99 Å². The van der Waals surface area contributed by atoms with Gasteiger partial charge in [0.15, 0.2) is 5.01 Å². The van der Waals surface area contributed by atoms with Crippen LogP contribution in [0.25, 0.3) is 10.2 Å². The number of benzene rings is 4. The second-order valence-electron chi connectivity index (χ2n) is 18.2. The number of carbonyl (C=O) groups excluding carboxylic acids is 4. The number of fused-ring (bicyclic) bond motifs is 1. The summed E-state index contributed by atoms with van der Waals surface area (Å²) in [5.41, 5.74) is 1.19. The van der Waals surface area contributed by atoms with Crippen molar-refractivity contribution in [2.75, 3.05) is 13.2 Å². The highest BCUT2D eigenvalue weighted by molar-refractivity contribution is 7.19. The van der Waals surface area contributed by atoms with Crippen molar-refractivity contribution in [2.45, 2.75) is 103 Å². The van der Waals surface area contributed by atoms with Gasteiger partial charge in [0.25, 0.3) is 0 Å². The molecule has 0 radical (unpaired) electrons. The smallest absolute Gasteiger partial charge is 0.338 e. The first-order valence-electron chi connectivity index (χ1n) is 21.8. The topological polar surface area (TPSA) is 149 Å². The fourth-order valence-electron chi connectivity index (χ4n) is 7.72. The van der Waals surface area contributed by atoms with E-state index in [1.807, 2.05) is 97.9 Å². The lowest BCUT2D eigenvalue weighted by Gasteiger charge is -2.34. The average Bonchev–Trinajstić information content (AvgIpc) is 3.67. The molecule has 0 N–H and O–H groups in total. The molecule has 350 valence electrons. The predicted octanol–water partition coefficient (Wildman–Crippen LogP) is 10.6.